The molecule has 0 atom stereocenters. The molecule has 0 aliphatic rings. The Morgan fingerprint density at radius 1 is 0.460 bits per heavy atom. The third kappa shape index (κ3) is 3.79. The van der Waals surface area contributed by atoms with E-state index >= 15 is 0 Å². The molecule has 6 aromatic carbocycles. The Hall–Kier alpha value is -7.13. The molecule has 0 spiro atoms. The van der Waals surface area contributed by atoms with Crippen LogP contribution in [0.15, 0.2) is 147 Å². The van der Waals surface area contributed by atoms with Gasteiger partial charge in [0.15, 0.2) is 11.6 Å². The average molecular weight is 647 g/mol. The Morgan fingerprint density at radius 3 is 1.62 bits per heavy atom. The number of hydrogen-bond acceptors (Lipinski definition) is 7. The van der Waals surface area contributed by atoms with Crippen molar-refractivity contribution in [1.82, 2.24) is 28.9 Å². The molecule has 5 heterocycles. The largest absolute Gasteiger partial charge is 0.456 e. The van der Waals surface area contributed by atoms with Gasteiger partial charge in [0, 0.05) is 32.7 Å². The number of aromatic nitrogens is 6. The molecule has 9 heteroatoms. The minimum absolute atomic E-state index is 0.149. The summed E-state index contributed by atoms with van der Waals surface area (Å²) in [7, 11) is 0. The van der Waals surface area contributed by atoms with Crippen molar-refractivity contribution in [2.75, 3.05) is 0 Å². The maximum Gasteiger partial charge on any atom is 0.269 e. The summed E-state index contributed by atoms with van der Waals surface area (Å²) in [6, 6.07) is 43.1. The summed E-state index contributed by atoms with van der Waals surface area (Å²) in [5.41, 5.74) is 6.52. The van der Waals surface area contributed by atoms with Gasteiger partial charge in [-0.2, -0.15) is 9.97 Å². The van der Waals surface area contributed by atoms with E-state index in [-0.39, 0.29) is 11.5 Å². The van der Waals surface area contributed by atoms with Crippen LogP contribution in [0.25, 0.3) is 100 Å². The predicted molar refractivity (Wildman–Crippen MR) is 195 cm³/mol. The number of benzene rings is 6. The van der Waals surface area contributed by atoms with Crippen LogP contribution in [0.1, 0.15) is 0 Å². The van der Waals surface area contributed by atoms with Gasteiger partial charge in [-0.05, 0) is 60.7 Å². The van der Waals surface area contributed by atoms with Crippen LogP contribution in [0.4, 0.5) is 0 Å². The number of hydrogen-bond donors (Lipinski definition) is 0. The Kier molecular flexibility index (Phi) is 5.35. The van der Waals surface area contributed by atoms with Crippen LogP contribution in [0.2, 0.25) is 0 Å². The van der Waals surface area contributed by atoms with Crippen molar-refractivity contribution in [3.05, 3.63) is 144 Å². The third-order valence-electron chi connectivity index (χ3n) is 9.42. The van der Waals surface area contributed by atoms with E-state index in [0.29, 0.717) is 45.1 Å². The Balaban J connectivity index is 1.21. The minimum Gasteiger partial charge on any atom is -0.456 e. The van der Waals surface area contributed by atoms with Crippen molar-refractivity contribution in [3.8, 4) is 28.7 Å². The summed E-state index contributed by atoms with van der Waals surface area (Å²) in [4.78, 5) is 34.3. The van der Waals surface area contributed by atoms with E-state index in [9.17, 15) is 4.79 Å². The van der Waals surface area contributed by atoms with Gasteiger partial charge in [0.2, 0.25) is 11.7 Å². The van der Waals surface area contributed by atoms with Crippen LogP contribution in [-0.4, -0.2) is 28.9 Å². The first-order valence-electron chi connectivity index (χ1n) is 16.2. The van der Waals surface area contributed by atoms with Crippen molar-refractivity contribution in [2.24, 2.45) is 0 Å². The van der Waals surface area contributed by atoms with E-state index in [1.165, 1.54) is 4.57 Å². The second-order valence-corrected chi connectivity index (χ2v) is 12.3. The molecule has 50 heavy (non-hydrogen) atoms. The quantitative estimate of drug-likeness (QED) is 0.189. The number of rotatable bonds is 3. The molecule has 0 bridgehead atoms. The fourth-order valence-electron chi connectivity index (χ4n) is 7.09. The number of para-hydroxylation sites is 5. The van der Waals surface area contributed by atoms with Crippen LogP contribution >= 0.6 is 0 Å². The van der Waals surface area contributed by atoms with Gasteiger partial charge in [-0.15, -0.1) is 0 Å². The maximum atomic E-state index is 14.4. The Bertz CT molecular complexity index is 3130. The van der Waals surface area contributed by atoms with Crippen molar-refractivity contribution in [2.45, 2.75) is 0 Å². The fourth-order valence-corrected chi connectivity index (χ4v) is 7.09. The van der Waals surface area contributed by atoms with Crippen molar-refractivity contribution in [1.29, 1.82) is 0 Å². The Morgan fingerprint density at radius 2 is 0.980 bits per heavy atom. The van der Waals surface area contributed by atoms with Gasteiger partial charge in [0.1, 0.15) is 22.3 Å². The van der Waals surface area contributed by atoms with Crippen molar-refractivity contribution < 1.29 is 8.83 Å². The zero-order valence-corrected chi connectivity index (χ0v) is 26.1. The molecule has 0 unspecified atom stereocenters. The lowest BCUT2D eigenvalue weighted by Crippen LogP contribution is -2.24. The highest BCUT2D eigenvalue weighted by molar-refractivity contribution is 6.06. The lowest BCUT2D eigenvalue weighted by molar-refractivity contribution is 0.668. The normalized spacial score (nSPS) is 12.1. The third-order valence-corrected chi connectivity index (χ3v) is 9.42. The number of nitrogens with zero attached hydrogens (tertiary/aromatic N) is 6. The van der Waals surface area contributed by atoms with Crippen LogP contribution in [0, 0.1) is 0 Å². The lowest BCUT2D eigenvalue weighted by Gasteiger charge is -2.12. The molecule has 0 radical (unpaired) electrons. The van der Waals surface area contributed by atoms with Crippen LogP contribution in [0.5, 0.6) is 0 Å². The van der Waals surface area contributed by atoms with Crippen LogP contribution in [0.3, 0.4) is 0 Å². The number of fused-ring (bicyclic) bond motifs is 11. The zero-order chi connectivity index (χ0) is 32.9. The van der Waals surface area contributed by atoms with E-state index < -0.39 is 0 Å². The highest BCUT2D eigenvalue weighted by Gasteiger charge is 2.21. The molecular formula is C41H22N6O3. The van der Waals surface area contributed by atoms with Crippen molar-refractivity contribution >= 4 is 71.6 Å². The topological polar surface area (TPSA) is 104 Å². The molecule has 0 aliphatic carbocycles. The van der Waals surface area contributed by atoms with E-state index in [2.05, 4.69) is 0 Å². The highest BCUT2D eigenvalue weighted by atomic mass is 16.3. The molecule has 11 aromatic rings. The molecule has 0 aliphatic heterocycles. The van der Waals surface area contributed by atoms with Gasteiger partial charge in [-0.1, -0.05) is 72.8 Å². The van der Waals surface area contributed by atoms with E-state index in [0.717, 1.165) is 49.3 Å². The second-order valence-electron chi connectivity index (χ2n) is 12.3. The SMILES string of the molecule is O=c1c2ccccc2n2c3ccccc3nc2n1-c1nc(-c2ccc3c(c2)oc2ccccc23)nc(-c2ccc3c(c2)oc2ccccc23)n1. The standard InChI is InChI=1S/C41H22N6O3/c48-39-29-11-1-5-13-31(29)46-32-14-6-4-12-30(32)42-41(46)47(39)40-44-37(23-17-19-27-25-9-2-7-15-33(25)49-35(27)21-23)43-38(45-40)24-18-20-28-26-10-3-8-16-34(26)50-36(28)22-24/h1-22H. The summed E-state index contributed by atoms with van der Waals surface area (Å²) < 4.78 is 15.9. The summed E-state index contributed by atoms with van der Waals surface area (Å²) in [5.74, 6) is 1.31. The first-order chi connectivity index (χ1) is 24.7. The van der Waals surface area contributed by atoms with Gasteiger partial charge in [0.05, 0.1) is 21.9 Å². The second kappa shape index (κ2) is 9.94. The molecule has 0 amide bonds. The fraction of sp³-hybridized carbons (Fsp3) is 0. The van der Waals surface area contributed by atoms with Gasteiger partial charge in [-0.3, -0.25) is 9.20 Å². The molecule has 5 aromatic heterocycles. The highest BCUT2D eigenvalue weighted by Crippen LogP contribution is 2.34. The smallest absolute Gasteiger partial charge is 0.269 e. The number of furan rings is 2. The summed E-state index contributed by atoms with van der Waals surface area (Å²) >= 11 is 0. The number of imidazole rings is 1. The molecule has 11 rings (SSSR count). The molecular weight excluding hydrogens is 624 g/mol. The average Bonchev–Trinajstić information content (AvgIpc) is 3.85. The van der Waals surface area contributed by atoms with Crippen LogP contribution < -0.4 is 5.56 Å². The lowest BCUT2D eigenvalue weighted by atomic mass is 10.1. The molecule has 0 N–H and O–H groups in total. The molecule has 0 saturated heterocycles. The monoisotopic (exact) mass is 646 g/mol. The van der Waals surface area contributed by atoms with Crippen molar-refractivity contribution in [3.63, 3.8) is 0 Å². The van der Waals surface area contributed by atoms with Gasteiger partial charge in [0.25, 0.3) is 5.56 Å². The first-order valence-corrected chi connectivity index (χ1v) is 16.2. The molecule has 9 nitrogen and oxygen atoms in total. The Labute approximate surface area is 281 Å². The molecule has 234 valence electrons. The van der Waals surface area contributed by atoms with E-state index in [1.54, 1.807) is 0 Å². The summed E-state index contributed by atoms with van der Waals surface area (Å²) in [6.45, 7) is 0. The molecule has 0 saturated carbocycles. The summed E-state index contributed by atoms with van der Waals surface area (Å²) in [5, 5.41) is 4.55. The van der Waals surface area contributed by atoms with E-state index in [1.807, 2.05) is 138 Å². The predicted octanol–water partition coefficient (Wildman–Crippen LogP) is 9.11. The summed E-state index contributed by atoms with van der Waals surface area (Å²) in [6.07, 6.45) is 0. The van der Waals surface area contributed by atoms with Gasteiger partial charge in [-0.25, -0.2) is 14.5 Å². The minimum atomic E-state index is -0.285. The van der Waals surface area contributed by atoms with Gasteiger partial charge >= 0.3 is 0 Å². The molecule has 0 fully saturated rings. The zero-order valence-electron chi connectivity index (χ0n) is 26.1. The first kappa shape index (κ1) is 26.9. The van der Waals surface area contributed by atoms with Gasteiger partial charge < -0.3 is 8.83 Å². The maximum absolute atomic E-state index is 14.4. The van der Waals surface area contributed by atoms with Crippen LogP contribution in [-0.2, 0) is 0 Å². The van der Waals surface area contributed by atoms with E-state index in [4.69, 9.17) is 28.8 Å².